The molecule has 1 N–H and O–H groups in total. The van der Waals surface area contributed by atoms with Crippen molar-refractivity contribution in [3.63, 3.8) is 0 Å². The molecule has 3 nitrogen and oxygen atoms in total. The highest BCUT2D eigenvalue weighted by Gasteiger charge is 2.12. The van der Waals surface area contributed by atoms with Gasteiger partial charge in [-0.2, -0.15) is 0 Å². The van der Waals surface area contributed by atoms with Gasteiger partial charge in [0.15, 0.2) is 0 Å². The third-order valence-corrected chi connectivity index (χ3v) is 5.16. The molecule has 0 aliphatic carbocycles. The number of carbonyl (C=O) groups is 1. The number of hydrogen-bond acceptors (Lipinski definition) is 3. The number of hydrogen-bond donors (Lipinski definition) is 1. The lowest BCUT2D eigenvalue weighted by Crippen LogP contribution is -1.94. The second-order valence-corrected chi connectivity index (χ2v) is 6.27. The summed E-state index contributed by atoms with van der Waals surface area (Å²) in [7, 11) is 0. The van der Waals surface area contributed by atoms with Gasteiger partial charge in [0, 0.05) is 10.0 Å². The summed E-state index contributed by atoms with van der Waals surface area (Å²) in [6.45, 7) is 2.03. The van der Waals surface area contributed by atoms with Crippen LogP contribution < -0.4 is 0 Å². The molecule has 0 spiro atoms. The topological polar surface area (TPSA) is 50.2 Å². The number of carboxylic acid groups (broad SMARTS) is 1. The minimum absolute atomic E-state index is 0.288. The number of benzene rings is 2. The third kappa shape index (κ3) is 2.23. The summed E-state index contributed by atoms with van der Waals surface area (Å²) in [6, 6.07) is 11.0. The van der Waals surface area contributed by atoms with Gasteiger partial charge < -0.3 is 5.11 Å². The summed E-state index contributed by atoms with van der Waals surface area (Å²) in [5, 5.41) is 9.91. The monoisotopic (exact) mass is 347 g/mol. The summed E-state index contributed by atoms with van der Waals surface area (Å²) < 4.78 is 1.91. The molecule has 0 aliphatic rings. The van der Waals surface area contributed by atoms with Gasteiger partial charge in [-0.05, 0) is 46.6 Å². The number of aromatic carboxylic acids is 1. The maximum Gasteiger partial charge on any atom is 0.335 e. The highest BCUT2D eigenvalue weighted by atomic mass is 79.9. The molecule has 100 valence electrons. The van der Waals surface area contributed by atoms with Crippen molar-refractivity contribution in [2.75, 3.05) is 0 Å². The van der Waals surface area contributed by atoms with E-state index in [0.29, 0.717) is 0 Å². The van der Waals surface area contributed by atoms with Gasteiger partial charge in [0.1, 0.15) is 5.01 Å². The number of aromatic nitrogens is 1. The first-order chi connectivity index (χ1) is 9.56. The Kier molecular flexibility index (Phi) is 3.31. The van der Waals surface area contributed by atoms with Crippen LogP contribution in [0.3, 0.4) is 0 Å². The Labute approximate surface area is 128 Å². The van der Waals surface area contributed by atoms with Crippen LogP contribution in [0.4, 0.5) is 0 Å². The van der Waals surface area contributed by atoms with E-state index in [-0.39, 0.29) is 5.56 Å². The number of halogens is 1. The highest BCUT2D eigenvalue weighted by Crippen LogP contribution is 2.36. The predicted octanol–water partition coefficient (Wildman–Crippen LogP) is 4.73. The Morgan fingerprint density at radius 3 is 2.85 bits per heavy atom. The van der Waals surface area contributed by atoms with Crippen LogP contribution in [-0.2, 0) is 0 Å². The molecule has 0 unspecified atom stereocenters. The van der Waals surface area contributed by atoms with Gasteiger partial charge in [-0.1, -0.05) is 18.2 Å². The fourth-order valence-corrected chi connectivity index (χ4v) is 3.61. The molecule has 0 saturated carbocycles. The van der Waals surface area contributed by atoms with Crippen LogP contribution in [0, 0.1) is 6.92 Å². The van der Waals surface area contributed by atoms with Gasteiger partial charge >= 0.3 is 5.97 Å². The van der Waals surface area contributed by atoms with Crippen molar-refractivity contribution in [2.45, 2.75) is 6.92 Å². The normalized spacial score (nSPS) is 10.9. The van der Waals surface area contributed by atoms with Gasteiger partial charge in [0.2, 0.25) is 0 Å². The molecular weight excluding hydrogens is 338 g/mol. The molecule has 0 atom stereocenters. The van der Waals surface area contributed by atoms with Crippen LogP contribution in [0.1, 0.15) is 15.9 Å². The van der Waals surface area contributed by atoms with Crippen molar-refractivity contribution in [2.24, 2.45) is 0 Å². The molecular formula is C15H10BrNO2S. The second-order valence-electron chi connectivity index (χ2n) is 4.44. The summed E-state index contributed by atoms with van der Waals surface area (Å²) in [4.78, 5) is 15.6. The minimum atomic E-state index is -0.918. The first-order valence-electron chi connectivity index (χ1n) is 5.95. The molecule has 0 aliphatic heterocycles. The van der Waals surface area contributed by atoms with E-state index in [4.69, 9.17) is 5.11 Å². The number of aryl methyl sites for hydroxylation is 1. The van der Waals surface area contributed by atoms with Crippen LogP contribution in [0.5, 0.6) is 0 Å². The first kappa shape index (κ1) is 13.3. The quantitative estimate of drug-likeness (QED) is 0.728. The first-order valence-corrected chi connectivity index (χ1v) is 7.56. The van der Waals surface area contributed by atoms with Gasteiger partial charge in [0.25, 0.3) is 0 Å². The minimum Gasteiger partial charge on any atom is -0.478 e. The smallest absolute Gasteiger partial charge is 0.335 e. The number of nitrogens with zero attached hydrogens (tertiary/aromatic N) is 1. The Morgan fingerprint density at radius 2 is 2.10 bits per heavy atom. The van der Waals surface area contributed by atoms with E-state index in [1.807, 2.05) is 25.1 Å². The second kappa shape index (κ2) is 5.00. The molecule has 0 fully saturated rings. The average molecular weight is 348 g/mol. The maximum absolute atomic E-state index is 11.0. The fraction of sp³-hybridized carbons (Fsp3) is 0.0667. The van der Waals surface area contributed by atoms with E-state index < -0.39 is 5.97 Å². The van der Waals surface area contributed by atoms with Crippen molar-refractivity contribution in [3.8, 4) is 10.6 Å². The zero-order chi connectivity index (χ0) is 14.3. The number of rotatable bonds is 2. The molecule has 1 heterocycles. The molecule has 0 amide bonds. The van der Waals surface area contributed by atoms with Crippen LogP contribution in [-0.4, -0.2) is 16.1 Å². The average Bonchev–Trinajstić information content (AvgIpc) is 2.84. The maximum atomic E-state index is 11.0. The Bertz CT molecular complexity index is 826. The van der Waals surface area contributed by atoms with E-state index in [2.05, 4.69) is 20.9 Å². The van der Waals surface area contributed by atoms with Crippen molar-refractivity contribution >= 4 is 43.5 Å². The van der Waals surface area contributed by atoms with Crippen molar-refractivity contribution in [1.82, 2.24) is 4.98 Å². The zero-order valence-corrected chi connectivity index (χ0v) is 13.0. The van der Waals surface area contributed by atoms with Gasteiger partial charge in [-0.3, -0.25) is 0 Å². The van der Waals surface area contributed by atoms with Crippen molar-refractivity contribution in [1.29, 1.82) is 0 Å². The standard InChI is InChI=1S/C15H10BrNO2S/c1-8-3-2-4-10(13(8)16)14-17-11-6-5-9(15(18)19)7-12(11)20-14/h2-7H,1H3,(H,18,19). The number of thiazole rings is 1. The lowest BCUT2D eigenvalue weighted by atomic mass is 10.1. The van der Waals surface area contributed by atoms with Crippen LogP contribution in [0.2, 0.25) is 0 Å². The Balaban J connectivity index is 2.18. The highest BCUT2D eigenvalue weighted by molar-refractivity contribution is 9.10. The van der Waals surface area contributed by atoms with Crippen LogP contribution in [0.25, 0.3) is 20.8 Å². The van der Waals surface area contributed by atoms with E-state index >= 15 is 0 Å². The lowest BCUT2D eigenvalue weighted by molar-refractivity contribution is 0.0697. The molecule has 3 rings (SSSR count). The third-order valence-electron chi connectivity index (χ3n) is 3.06. The summed E-state index contributed by atoms with van der Waals surface area (Å²) >= 11 is 5.08. The summed E-state index contributed by atoms with van der Waals surface area (Å²) in [6.07, 6.45) is 0. The molecule has 0 radical (unpaired) electrons. The van der Waals surface area contributed by atoms with Gasteiger partial charge in [0.05, 0.1) is 15.8 Å². The fourth-order valence-electron chi connectivity index (χ4n) is 1.99. The van der Waals surface area contributed by atoms with Gasteiger partial charge in [-0.15, -0.1) is 11.3 Å². The molecule has 5 heteroatoms. The molecule has 20 heavy (non-hydrogen) atoms. The van der Waals surface area contributed by atoms with Crippen LogP contribution >= 0.6 is 27.3 Å². The summed E-state index contributed by atoms with van der Waals surface area (Å²) in [5.74, 6) is -0.918. The number of fused-ring (bicyclic) bond motifs is 1. The van der Waals surface area contributed by atoms with E-state index in [0.717, 1.165) is 30.8 Å². The molecule has 0 saturated heterocycles. The van der Waals surface area contributed by atoms with E-state index in [1.165, 1.54) is 11.3 Å². The predicted molar refractivity (Wildman–Crippen MR) is 84.5 cm³/mol. The molecule has 3 aromatic rings. The van der Waals surface area contributed by atoms with Gasteiger partial charge in [-0.25, -0.2) is 9.78 Å². The van der Waals surface area contributed by atoms with E-state index in [1.54, 1.807) is 18.2 Å². The Morgan fingerprint density at radius 1 is 1.30 bits per heavy atom. The molecule has 0 bridgehead atoms. The van der Waals surface area contributed by atoms with E-state index in [9.17, 15) is 4.79 Å². The van der Waals surface area contributed by atoms with Crippen molar-refractivity contribution in [3.05, 3.63) is 52.0 Å². The molecule has 2 aromatic carbocycles. The Hall–Kier alpha value is -1.72. The SMILES string of the molecule is Cc1cccc(-c2nc3ccc(C(=O)O)cc3s2)c1Br. The van der Waals surface area contributed by atoms with Crippen LogP contribution in [0.15, 0.2) is 40.9 Å². The number of carboxylic acids is 1. The zero-order valence-electron chi connectivity index (χ0n) is 10.6. The lowest BCUT2D eigenvalue weighted by Gasteiger charge is -2.02. The summed E-state index contributed by atoms with van der Waals surface area (Å²) in [5.41, 5.74) is 3.29. The largest absolute Gasteiger partial charge is 0.478 e. The van der Waals surface area contributed by atoms with Crippen molar-refractivity contribution < 1.29 is 9.90 Å². The molecule has 1 aromatic heterocycles.